The Morgan fingerprint density at radius 3 is 2.75 bits per heavy atom. The van der Waals surface area contributed by atoms with Crippen LogP contribution in [-0.2, 0) is 6.54 Å². The van der Waals surface area contributed by atoms with Crippen molar-refractivity contribution in [2.45, 2.75) is 26.5 Å². The molecule has 0 fully saturated rings. The van der Waals surface area contributed by atoms with Crippen molar-refractivity contribution in [2.75, 3.05) is 0 Å². The van der Waals surface area contributed by atoms with E-state index in [0.29, 0.717) is 0 Å². The lowest BCUT2D eigenvalue weighted by Gasteiger charge is -2.04. The van der Waals surface area contributed by atoms with Crippen molar-refractivity contribution in [2.24, 2.45) is 0 Å². The molecule has 2 rings (SSSR count). The van der Waals surface area contributed by atoms with Gasteiger partial charge in [0.15, 0.2) is 0 Å². The average Bonchev–Trinajstić information content (AvgIpc) is 2.66. The zero-order chi connectivity index (χ0) is 11.5. The maximum atomic E-state index is 9.43. The van der Waals surface area contributed by atoms with Gasteiger partial charge in [-0.2, -0.15) is 0 Å². The van der Waals surface area contributed by atoms with Gasteiger partial charge in [0, 0.05) is 18.9 Å². The maximum Gasteiger partial charge on any atom is 0.0776 e. The Morgan fingerprint density at radius 2 is 2.12 bits per heavy atom. The summed E-state index contributed by atoms with van der Waals surface area (Å²) >= 11 is 0. The lowest BCUT2D eigenvalue weighted by molar-refractivity contribution is 0.199. The maximum absolute atomic E-state index is 9.43. The van der Waals surface area contributed by atoms with Crippen molar-refractivity contribution in [3.63, 3.8) is 0 Å². The molecule has 0 saturated carbocycles. The molecule has 0 aliphatic rings. The summed E-state index contributed by atoms with van der Waals surface area (Å²) in [6.45, 7) is 4.74. The number of aromatic nitrogens is 1. The molecule has 2 aromatic rings. The summed E-state index contributed by atoms with van der Waals surface area (Å²) in [4.78, 5) is 0. The monoisotopic (exact) mass is 215 g/mol. The lowest BCUT2D eigenvalue weighted by Crippen LogP contribution is -1.97. The number of benzene rings is 1. The fourth-order valence-electron chi connectivity index (χ4n) is 1.83. The minimum atomic E-state index is -0.390. The first-order valence-electron chi connectivity index (χ1n) is 5.54. The molecule has 0 bridgehead atoms. The molecule has 0 spiro atoms. The summed E-state index contributed by atoms with van der Waals surface area (Å²) in [7, 11) is 0. The van der Waals surface area contributed by atoms with E-state index in [1.807, 2.05) is 18.5 Å². The van der Waals surface area contributed by atoms with E-state index in [1.165, 1.54) is 11.1 Å². The van der Waals surface area contributed by atoms with Gasteiger partial charge in [0.2, 0.25) is 0 Å². The summed E-state index contributed by atoms with van der Waals surface area (Å²) in [5.74, 6) is 0. The molecule has 0 saturated heterocycles. The highest BCUT2D eigenvalue weighted by molar-refractivity contribution is 5.23. The van der Waals surface area contributed by atoms with E-state index >= 15 is 0 Å². The second kappa shape index (κ2) is 4.54. The van der Waals surface area contributed by atoms with Gasteiger partial charge in [-0.15, -0.1) is 0 Å². The van der Waals surface area contributed by atoms with Gasteiger partial charge < -0.3 is 9.67 Å². The molecular weight excluding hydrogens is 198 g/mol. The first-order chi connectivity index (χ1) is 7.65. The molecule has 0 radical (unpaired) electrons. The van der Waals surface area contributed by atoms with Crippen molar-refractivity contribution in [3.8, 4) is 0 Å². The van der Waals surface area contributed by atoms with Gasteiger partial charge in [-0.1, -0.05) is 29.8 Å². The molecule has 0 aliphatic heterocycles. The van der Waals surface area contributed by atoms with E-state index in [9.17, 15) is 5.11 Å². The number of aryl methyl sites for hydroxylation is 1. The summed E-state index contributed by atoms with van der Waals surface area (Å²) in [5, 5.41) is 9.43. The highest BCUT2D eigenvalue weighted by atomic mass is 16.3. The Kier molecular flexibility index (Phi) is 3.11. The Morgan fingerprint density at radius 1 is 1.31 bits per heavy atom. The number of rotatable bonds is 3. The third-order valence-corrected chi connectivity index (χ3v) is 2.70. The van der Waals surface area contributed by atoms with Crippen LogP contribution in [0.4, 0.5) is 0 Å². The normalized spacial score (nSPS) is 12.7. The van der Waals surface area contributed by atoms with Gasteiger partial charge in [0.05, 0.1) is 6.10 Å². The van der Waals surface area contributed by atoms with Crippen molar-refractivity contribution in [1.82, 2.24) is 4.57 Å². The molecule has 0 aliphatic carbocycles. The van der Waals surface area contributed by atoms with Crippen LogP contribution < -0.4 is 0 Å². The Labute approximate surface area is 96.2 Å². The van der Waals surface area contributed by atoms with E-state index in [0.717, 1.165) is 12.1 Å². The zero-order valence-corrected chi connectivity index (χ0v) is 9.72. The molecule has 1 N–H and O–H groups in total. The second-order valence-corrected chi connectivity index (χ2v) is 4.28. The predicted molar refractivity (Wildman–Crippen MR) is 65.3 cm³/mol. The molecule has 1 aromatic carbocycles. The molecule has 16 heavy (non-hydrogen) atoms. The van der Waals surface area contributed by atoms with Crippen LogP contribution in [0.5, 0.6) is 0 Å². The first kappa shape index (κ1) is 11.0. The van der Waals surface area contributed by atoms with Crippen molar-refractivity contribution in [3.05, 3.63) is 59.4 Å². The molecule has 1 heterocycles. The van der Waals surface area contributed by atoms with Gasteiger partial charge >= 0.3 is 0 Å². The molecule has 1 atom stereocenters. The number of nitrogens with zero attached hydrogens (tertiary/aromatic N) is 1. The van der Waals surface area contributed by atoms with Crippen molar-refractivity contribution >= 4 is 0 Å². The van der Waals surface area contributed by atoms with Gasteiger partial charge in [0.1, 0.15) is 0 Å². The molecule has 1 aromatic heterocycles. The summed E-state index contributed by atoms with van der Waals surface area (Å²) in [5.41, 5.74) is 3.53. The van der Waals surface area contributed by atoms with Gasteiger partial charge in [-0.3, -0.25) is 0 Å². The molecule has 84 valence electrons. The third kappa shape index (κ3) is 2.52. The minimum Gasteiger partial charge on any atom is -0.389 e. The second-order valence-electron chi connectivity index (χ2n) is 4.28. The smallest absolute Gasteiger partial charge is 0.0776 e. The van der Waals surface area contributed by atoms with Crippen LogP contribution in [0.25, 0.3) is 0 Å². The van der Waals surface area contributed by atoms with Gasteiger partial charge in [-0.25, -0.2) is 0 Å². The third-order valence-electron chi connectivity index (χ3n) is 2.70. The fourth-order valence-corrected chi connectivity index (χ4v) is 1.83. The first-order valence-corrected chi connectivity index (χ1v) is 5.54. The minimum absolute atomic E-state index is 0.390. The van der Waals surface area contributed by atoms with Gasteiger partial charge in [-0.05, 0) is 31.0 Å². The predicted octanol–water partition coefficient (Wildman–Crippen LogP) is 2.90. The largest absolute Gasteiger partial charge is 0.389 e. The van der Waals surface area contributed by atoms with Crippen LogP contribution in [0.3, 0.4) is 0 Å². The highest BCUT2D eigenvalue weighted by Gasteiger charge is 2.02. The van der Waals surface area contributed by atoms with Crippen LogP contribution in [0.15, 0.2) is 42.7 Å². The summed E-state index contributed by atoms with van der Waals surface area (Å²) < 4.78 is 2.09. The van der Waals surface area contributed by atoms with Crippen molar-refractivity contribution < 1.29 is 5.11 Å². The van der Waals surface area contributed by atoms with Crippen LogP contribution in [0.1, 0.15) is 29.7 Å². The van der Waals surface area contributed by atoms with Crippen LogP contribution >= 0.6 is 0 Å². The highest BCUT2D eigenvalue weighted by Crippen LogP contribution is 2.13. The zero-order valence-electron chi connectivity index (χ0n) is 9.72. The van der Waals surface area contributed by atoms with E-state index in [2.05, 4.69) is 35.8 Å². The summed E-state index contributed by atoms with van der Waals surface area (Å²) in [6.07, 6.45) is 3.61. The Hall–Kier alpha value is -1.54. The topological polar surface area (TPSA) is 25.2 Å². The van der Waals surface area contributed by atoms with E-state index < -0.39 is 6.10 Å². The summed E-state index contributed by atoms with van der Waals surface area (Å²) in [6, 6.07) is 10.4. The average molecular weight is 215 g/mol. The molecule has 2 heteroatoms. The lowest BCUT2D eigenvalue weighted by atomic mass is 10.1. The quantitative estimate of drug-likeness (QED) is 0.836. The van der Waals surface area contributed by atoms with Crippen LogP contribution in [-0.4, -0.2) is 9.67 Å². The SMILES string of the molecule is Cc1cccc(Cn2ccc(C(C)O)c2)c1. The van der Waals surface area contributed by atoms with E-state index in [1.54, 1.807) is 6.92 Å². The van der Waals surface area contributed by atoms with Crippen LogP contribution in [0, 0.1) is 6.92 Å². The van der Waals surface area contributed by atoms with E-state index in [4.69, 9.17) is 0 Å². The molecule has 2 nitrogen and oxygen atoms in total. The Bertz CT molecular complexity index is 471. The molecular formula is C14H17NO. The number of hydrogen-bond acceptors (Lipinski definition) is 1. The molecule has 0 amide bonds. The number of aliphatic hydroxyl groups is 1. The van der Waals surface area contributed by atoms with Gasteiger partial charge in [0.25, 0.3) is 0 Å². The number of hydrogen-bond donors (Lipinski definition) is 1. The fraction of sp³-hybridized carbons (Fsp3) is 0.286. The van der Waals surface area contributed by atoms with Crippen molar-refractivity contribution in [1.29, 1.82) is 0 Å². The van der Waals surface area contributed by atoms with Crippen LogP contribution in [0.2, 0.25) is 0 Å². The number of aliphatic hydroxyl groups excluding tert-OH is 1. The molecule has 1 unspecified atom stereocenters. The van der Waals surface area contributed by atoms with E-state index in [-0.39, 0.29) is 0 Å². The Balaban J connectivity index is 2.14. The standard InChI is InChI=1S/C14H17NO/c1-11-4-3-5-13(8-11)9-15-7-6-14(10-15)12(2)16/h3-8,10,12,16H,9H2,1-2H3.